The molecule has 2 aliphatic carbocycles. The second-order valence-corrected chi connectivity index (χ2v) is 19.2. The predicted octanol–water partition coefficient (Wildman–Crippen LogP) is 5.12. The summed E-state index contributed by atoms with van der Waals surface area (Å²) < 4.78 is 68.1. The molecule has 5 bridgehead atoms. The van der Waals surface area contributed by atoms with Gasteiger partial charge >= 0.3 is 6.09 Å². The maximum atomic E-state index is 14.7. The van der Waals surface area contributed by atoms with E-state index < -0.39 is 92.6 Å². The fraction of sp³-hybridized carbons (Fsp3) is 0.512. The van der Waals surface area contributed by atoms with E-state index in [-0.39, 0.29) is 18.8 Å². The predicted molar refractivity (Wildman–Crippen MR) is 210 cm³/mol. The maximum absolute atomic E-state index is 14.7. The molecule has 3 N–H and O–H groups in total. The zero-order chi connectivity index (χ0) is 41.8. The first kappa shape index (κ1) is 41.0. The molecule has 5 atom stereocenters. The van der Waals surface area contributed by atoms with Crippen LogP contribution >= 0.6 is 0 Å². The minimum atomic E-state index is -4.15. The molecule has 0 unspecified atom stereocenters. The highest BCUT2D eigenvalue weighted by Crippen LogP contribution is 2.48. The van der Waals surface area contributed by atoms with E-state index in [1.54, 1.807) is 34.6 Å². The molecule has 2 saturated carbocycles. The van der Waals surface area contributed by atoms with E-state index in [9.17, 15) is 36.4 Å². The number of nitrogens with one attached hydrogen (secondary N) is 3. The lowest BCUT2D eigenvalue weighted by Gasteiger charge is -2.36. The number of fused-ring (bicyclic) bond motifs is 4. The van der Waals surface area contributed by atoms with Gasteiger partial charge in [0.25, 0.3) is 5.91 Å². The number of carbonyl (C=O) groups excluding carboxylic acids is 4. The van der Waals surface area contributed by atoms with Crippen LogP contribution in [0.3, 0.4) is 0 Å². The van der Waals surface area contributed by atoms with Crippen molar-refractivity contribution in [2.45, 2.75) is 114 Å². The fourth-order valence-electron chi connectivity index (χ4n) is 7.51. The SMILES string of the molecule is CC1(C)CC/C=C/c2ccc3nc(-c4ccccc4)c(nc3c2)O[C@@H]2C[C@@H](C(=O)N[C@@]3(C(=O)NS(=O)(=O)C4CC4)C[C@H]3C(F)F)N(C2)C(=O)[C@H](C(C)(C)C)NC(=O)O1. The molecular formula is C41H48F2N6O8S. The van der Waals surface area contributed by atoms with Crippen molar-refractivity contribution in [1.29, 1.82) is 0 Å². The fourth-order valence-corrected chi connectivity index (χ4v) is 8.87. The molecule has 1 aromatic heterocycles. The van der Waals surface area contributed by atoms with Crippen molar-refractivity contribution >= 4 is 50.9 Å². The summed E-state index contributed by atoms with van der Waals surface area (Å²) in [6, 6.07) is 12.1. The molecule has 3 aromatic rings. The van der Waals surface area contributed by atoms with Crippen LogP contribution in [0.4, 0.5) is 13.6 Å². The van der Waals surface area contributed by atoms with Gasteiger partial charge in [-0.15, -0.1) is 0 Å². The Labute approximate surface area is 335 Å². The smallest absolute Gasteiger partial charge is 0.408 e. The lowest BCUT2D eigenvalue weighted by molar-refractivity contribution is -0.143. The van der Waals surface area contributed by atoms with Crippen LogP contribution in [0.25, 0.3) is 28.4 Å². The number of halogens is 2. The van der Waals surface area contributed by atoms with E-state index in [4.69, 9.17) is 19.4 Å². The van der Waals surface area contributed by atoms with Crippen molar-refractivity contribution < 1.29 is 45.9 Å². The summed E-state index contributed by atoms with van der Waals surface area (Å²) in [4.78, 5) is 67.0. The quantitative estimate of drug-likeness (QED) is 0.289. The number of allylic oxidation sites excluding steroid dienone is 1. The number of cyclic esters (lactones) is 1. The molecule has 0 radical (unpaired) electrons. The number of sulfonamides is 1. The van der Waals surface area contributed by atoms with E-state index >= 15 is 0 Å². The highest BCUT2D eigenvalue weighted by Gasteiger charge is 2.67. The van der Waals surface area contributed by atoms with Gasteiger partial charge in [-0.25, -0.2) is 32.0 Å². The highest BCUT2D eigenvalue weighted by molar-refractivity contribution is 7.91. The lowest BCUT2D eigenvalue weighted by Crippen LogP contribution is -2.60. The van der Waals surface area contributed by atoms with Gasteiger partial charge in [0.05, 0.1) is 28.7 Å². The minimum Gasteiger partial charge on any atom is -0.471 e. The monoisotopic (exact) mass is 822 g/mol. The summed E-state index contributed by atoms with van der Waals surface area (Å²) in [5, 5.41) is 4.32. The van der Waals surface area contributed by atoms with Gasteiger partial charge in [0.2, 0.25) is 34.1 Å². The number of amides is 4. The zero-order valence-electron chi connectivity index (χ0n) is 33.0. The number of aromatic nitrogens is 2. The van der Waals surface area contributed by atoms with Crippen LogP contribution in [-0.2, 0) is 29.1 Å². The van der Waals surface area contributed by atoms with Crippen LogP contribution in [0, 0.1) is 11.3 Å². The number of hydrogen-bond acceptors (Lipinski definition) is 10. The lowest BCUT2D eigenvalue weighted by atomic mass is 9.85. The van der Waals surface area contributed by atoms with Crippen molar-refractivity contribution in [3.05, 3.63) is 60.2 Å². The normalized spacial score (nSPS) is 26.9. The van der Waals surface area contributed by atoms with E-state index in [2.05, 4.69) is 10.6 Å². The molecule has 2 aromatic carbocycles. The van der Waals surface area contributed by atoms with E-state index in [1.807, 2.05) is 65.4 Å². The standard InChI is InChI=1S/C41H48F2N6O8S/c1-39(2,3)32-36(51)49-22-25(20-30(49)34(50)47-41(21-27(41)33(42)43)37(52)48-58(54,55)26-15-16-26)56-35-31(24-12-7-6-8-13-24)44-28-17-14-23(19-29(28)45-35)11-9-10-18-40(4,5)57-38(53)46-32/h6-9,11-14,17,19,25-27,30,32-33H,10,15-16,18,20-22H2,1-5H3,(H,46,53)(H,47,50)(H,48,52)/b11-9+/t25-,27+,30+,32-,41+/m1/s1. The Morgan fingerprint density at radius 1 is 1.03 bits per heavy atom. The molecule has 7 rings (SSSR count). The Balaban J connectivity index is 1.28. The average Bonchev–Trinajstić information content (AvgIpc) is 4.08. The van der Waals surface area contributed by atoms with Crippen molar-refractivity contribution in [3.63, 3.8) is 0 Å². The Kier molecular flexibility index (Phi) is 10.7. The molecular weight excluding hydrogens is 775 g/mol. The number of ether oxygens (including phenoxy) is 2. The van der Waals surface area contributed by atoms with Gasteiger partial charge in [-0.1, -0.05) is 69.3 Å². The molecule has 14 nitrogen and oxygen atoms in total. The number of alkyl carbamates (subject to hydrolysis) is 1. The Morgan fingerprint density at radius 3 is 2.41 bits per heavy atom. The molecule has 0 spiro atoms. The zero-order valence-corrected chi connectivity index (χ0v) is 33.8. The third kappa shape index (κ3) is 8.64. The van der Waals surface area contributed by atoms with Crippen molar-refractivity contribution in [3.8, 4) is 17.1 Å². The van der Waals surface area contributed by atoms with Crippen molar-refractivity contribution in [2.75, 3.05) is 6.54 Å². The number of benzene rings is 2. The molecule has 17 heteroatoms. The van der Waals surface area contributed by atoms with E-state index in [0.29, 0.717) is 48.0 Å². The Bertz CT molecular complexity index is 2260. The number of carbonyl (C=O) groups is 4. The van der Waals surface area contributed by atoms with E-state index in [0.717, 1.165) is 5.56 Å². The average molecular weight is 823 g/mol. The summed E-state index contributed by atoms with van der Waals surface area (Å²) >= 11 is 0. The van der Waals surface area contributed by atoms with Gasteiger partial charge in [0.15, 0.2) is 0 Å². The number of nitrogens with zero attached hydrogens (tertiary/aromatic N) is 3. The summed E-state index contributed by atoms with van der Waals surface area (Å²) in [6.07, 6.45) is 0.000225. The summed E-state index contributed by atoms with van der Waals surface area (Å²) in [5.41, 5.74) is -1.08. The number of alkyl halides is 2. The molecule has 3 heterocycles. The van der Waals surface area contributed by atoms with Crippen molar-refractivity contribution in [2.24, 2.45) is 11.3 Å². The van der Waals surface area contributed by atoms with Crippen LogP contribution in [0.5, 0.6) is 5.88 Å². The van der Waals surface area contributed by atoms with Crippen LogP contribution in [-0.4, -0.2) is 94.6 Å². The highest BCUT2D eigenvalue weighted by atomic mass is 32.2. The molecule has 2 aliphatic heterocycles. The van der Waals surface area contributed by atoms with Crippen LogP contribution < -0.4 is 20.1 Å². The van der Waals surface area contributed by atoms with Gasteiger partial charge in [-0.3, -0.25) is 19.1 Å². The summed E-state index contributed by atoms with van der Waals surface area (Å²) in [7, 11) is -4.15. The van der Waals surface area contributed by atoms with Gasteiger partial charge < -0.3 is 25.0 Å². The van der Waals surface area contributed by atoms with Gasteiger partial charge in [0, 0.05) is 12.0 Å². The second kappa shape index (κ2) is 15.2. The van der Waals surface area contributed by atoms with Gasteiger partial charge in [-0.05, 0) is 69.1 Å². The third-order valence-corrected chi connectivity index (χ3v) is 12.9. The largest absolute Gasteiger partial charge is 0.471 e. The molecule has 4 amide bonds. The first-order valence-corrected chi connectivity index (χ1v) is 21.0. The summed E-state index contributed by atoms with van der Waals surface area (Å²) in [6.45, 7) is 8.47. The molecule has 1 saturated heterocycles. The van der Waals surface area contributed by atoms with Gasteiger partial charge in [0.1, 0.15) is 35.0 Å². The Morgan fingerprint density at radius 2 is 1.76 bits per heavy atom. The van der Waals surface area contributed by atoms with E-state index in [1.165, 1.54) is 4.90 Å². The van der Waals surface area contributed by atoms with Crippen molar-refractivity contribution in [1.82, 2.24) is 30.2 Å². The maximum Gasteiger partial charge on any atom is 0.408 e. The van der Waals surface area contributed by atoms with Gasteiger partial charge in [-0.2, -0.15) is 0 Å². The third-order valence-electron chi connectivity index (χ3n) is 11.1. The second-order valence-electron chi connectivity index (χ2n) is 17.3. The number of rotatable bonds is 7. The molecule has 4 aliphatic rings. The number of hydrogen-bond donors (Lipinski definition) is 3. The van der Waals surface area contributed by atoms with Crippen LogP contribution in [0.2, 0.25) is 0 Å². The van der Waals surface area contributed by atoms with Crippen LogP contribution in [0.1, 0.15) is 78.7 Å². The Hall–Kier alpha value is -5.19. The first-order chi connectivity index (χ1) is 27.3. The van der Waals surface area contributed by atoms with Crippen LogP contribution in [0.15, 0.2) is 54.6 Å². The summed E-state index contributed by atoms with van der Waals surface area (Å²) in [5.74, 6) is -4.47. The topological polar surface area (TPSA) is 186 Å². The minimum absolute atomic E-state index is 0.119. The molecule has 58 heavy (non-hydrogen) atoms. The molecule has 310 valence electrons. The first-order valence-electron chi connectivity index (χ1n) is 19.4. The molecule has 3 fully saturated rings.